The van der Waals surface area contributed by atoms with Crippen molar-refractivity contribution in [1.29, 1.82) is 5.41 Å². The zero-order valence-corrected chi connectivity index (χ0v) is 10.5. The fourth-order valence-corrected chi connectivity index (χ4v) is 2.00. The van der Waals surface area contributed by atoms with Crippen LogP contribution in [0.25, 0.3) is 0 Å². The minimum Gasteiger partial charge on any atom is -0.384 e. The van der Waals surface area contributed by atoms with E-state index in [2.05, 4.69) is 4.98 Å². The highest BCUT2D eigenvalue weighted by Crippen LogP contribution is 2.35. The maximum atomic E-state index is 12.7. The summed E-state index contributed by atoms with van der Waals surface area (Å²) in [5, 5.41) is 7.46. The highest BCUT2D eigenvalue weighted by atomic mass is 19.4. The molecule has 1 aromatic rings. The van der Waals surface area contributed by atoms with Gasteiger partial charge in [0, 0.05) is 12.6 Å². The number of amidine groups is 1. The highest BCUT2D eigenvalue weighted by molar-refractivity contribution is 5.99. The molecule has 7 heteroatoms. The first kappa shape index (κ1) is 13.6. The fourth-order valence-electron chi connectivity index (χ4n) is 2.00. The number of hydrogen-bond acceptors (Lipinski definition) is 3. The molecule has 1 saturated carbocycles. The van der Waals surface area contributed by atoms with E-state index in [4.69, 9.17) is 11.1 Å². The molecule has 0 aromatic carbocycles. The summed E-state index contributed by atoms with van der Waals surface area (Å²) in [5.41, 5.74) is 4.72. The van der Waals surface area contributed by atoms with Gasteiger partial charge in [0.1, 0.15) is 17.3 Å². The van der Waals surface area contributed by atoms with Crippen LogP contribution in [0.4, 0.5) is 19.0 Å². The van der Waals surface area contributed by atoms with Crippen LogP contribution in [0.5, 0.6) is 0 Å². The van der Waals surface area contributed by atoms with Gasteiger partial charge in [-0.3, -0.25) is 5.41 Å². The first-order valence-corrected chi connectivity index (χ1v) is 6.04. The van der Waals surface area contributed by atoms with Gasteiger partial charge in [-0.1, -0.05) is 0 Å². The van der Waals surface area contributed by atoms with Crippen molar-refractivity contribution in [2.45, 2.75) is 32.0 Å². The first-order chi connectivity index (χ1) is 8.84. The molecular weight excluding hydrogens is 257 g/mol. The van der Waals surface area contributed by atoms with E-state index in [0.29, 0.717) is 6.54 Å². The van der Waals surface area contributed by atoms with E-state index in [9.17, 15) is 13.2 Å². The Kier molecular flexibility index (Phi) is 3.38. The Hall–Kier alpha value is -1.79. The van der Waals surface area contributed by atoms with Crippen LogP contribution in [0.15, 0.2) is 12.1 Å². The molecule has 0 radical (unpaired) electrons. The third kappa shape index (κ3) is 2.80. The van der Waals surface area contributed by atoms with Crippen LogP contribution >= 0.6 is 0 Å². The molecule has 1 aromatic heterocycles. The van der Waals surface area contributed by atoms with Crippen molar-refractivity contribution in [3.05, 3.63) is 23.4 Å². The molecule has 19 heavy (non-hydrogen) atoms. The quantitative estimate of drug-likeness (QED) is 0.653. The van der Waals surface area contributed by atoms with E-state index < -0.39 is 11.9 Å². The summed E-state index contributed by atoms with van der Waals surface area (Å²) in [6.07, 6.45) is -2.63. The van der Waals surface area contributed by atoms with E-state index in [1.54, 1.807) is 4.90 Å². The Bertz CT molecular complexity index is 494. The monoisotopic (exact) mass is 272 g/mol. The third-order valence-electron chi connectivity index (χ3n) is 3.06. The second kappa shape index (κ2) is 4.71. The standard InChI is InChI=1S/C12H15F3N4/c1-2-19(7-3-4-7)11-8(10(16)17)5-6-9(18-11)12(13,14)15/h5-7H,2-4H2,1H3,(H3,16,17). The molecule has 0 amide bonds. The van der Waals surface area contributed by atoms with Crippen LogP contribution in [0.1, 0.15) is 31.0 Å². The third-order valence-corrected chi connectivity index (χ3v) is 3.06. The maximum Gasteiger partial charge on any atom is 0.433 e. The number of alkyl halides is 3. The number of aromatic nitrogens is 1. The predicted molar refractivity (Wildman–Crippen MR) is 66.3 cm³/mol. The van der Waals surface area contributed by atoms with Gasteiger partial charge >= 0.3 is 6.18 Å². The highest BCUT2D eigenvalue weighted by Gasteiger charge is 2.36. The number of anilines is 1. The van der Waals surface area contributed by atoms with Crippen molar-refractivity contribution in [1.82, 2.24) is 4.98 Å². The van der Waals surface area contributed by atoms with Crippen LogP contribution in [0.2, 0.25) is 0 Å². The van der Waals surface area contributed by atoms with Crippen LogP contribution in [0.3, 0.4) is 0 Å². The van der Waals surface area contributed by atoms with Crippen LogP contribution in [0, 0.1) is 5.41 Å². The van der Waals surface area contributed by atoms with Gasteiger partial charge in [0.2, 0.25) is 0 Å². The molecule has 1 aliphatic rings. The molecule has 0 aliphatic heterocycles. The molecule has 2 rings (SSSR count). The second-order valence-corrected chi connectivity index (χ2v) is 4.50. The number of nitrogen functional groups attached to an aromatic ring is 1. The molecule has 0 spiro atoms. The minimum atomic E-state index is -4.49. The molecule has 1 aliphatic carbocycles. The maximum absolute atomic E-state index is 12.7. The second-order valence-electron chi connectivity index (χ2n) is 4.50. The van der Waals surface area contributed by atoms with Gasteiger partial charge in [0.15, 0.2) is 0 Å². The van der Waals surface area contributed by atoms with Crippen LogP contribution in [-0.4, -0.2) is 23.4 Å². The molecule has 104 valence electrons. The number of halogens is 3. The van der Waals surface area contributed by atoms with E-state index in [0.717, 1.165) is 18.9 Å². The number of nitrogens with two attached hydrogens (primary N) is 1. The Balaban J connectivity index is 2.49. The summed E-state index contributed by atoms with van der Waals surface area (Å²) in [6.45, 7) is 2.39. The molecule has 0 unspecified atom stereocenters. The summed E-state index contributed by atoms with van der Waals surface area (Å²) in [7, 11) is 0. The molecule has 1 fully saturated rings. The van der Waals surface area contributed by atoms with Crippen molar-refractivity contribution < 1.29 is 13.2 Å². The van der Waals surface area contributed by atoms with E-state index >= 15 is 0 Å². The topological polar surface area (TPSA) is 66.0 Å². The van der Waals surface area contributed by atoms with Gasteiger partial charge < -0.3 is 10.6 Å². The van der Waals surface area contributed by atoms with Crippen molar-refractivity contribution in [3.63, 3.8) is 0 Å². The number of pyridine rings is 1. The lowest BCUT2D eigenvalue weighted by Gasteiger charge is -2.24. The predicted octanol–water partition coefficient (Wildman–Crippen LogP) is 2.37. The van der Waals surface area contributed by atoms with Crippen LogP contribution in [-0.2, 0) is 6.18 Å². The average molecular weight is 272 g/mol. The summed E-state index contributed by atoms with van der Waals surface area (Å²) < 4.78 is 38.2. The number of nitrogens with one attached hydrogen (secondary N) is 1. The normalized spacial score (nSPS) is 15.4. The smallest absolute Gasteiger partial charge is 0.384 e. The molecule has 4 nitrogen and oxygen atoms in total. The summed E-state index contributed by atoms with van der Waals surface area (Å²) in [6, 6.07) is 2.29. The molecule has 0 atom stereocenters. The van der Waals surface area contributed by atoms with Gasteiger partial charge in [-0.15, -0.1) is 0 Å². The lowest BCUT2D eigenvalue weighted by Crippen LogP contribution is -2.30. The molecular formula is C12H15F3N4. The molecule has 0 saturated heterocycles. The number of nitrogens with zero attached hydrogens (tertiary/aromatic N) is 2. The first-order valence-electron chi connectivity index (χ1n) is 6.04. The van der Waals surface area contributed by atoms with E-state index in [1.807, 2.05) is 6.92 Å². The fraction of sp³-hybridized carbons (Fsp3) is 0.500. The van der Waals surface area contributed by atoms with Crippen molar-refractivity contribution in [2.24, 2.45) is 5.73 Å². The molecule has 1 heterocycles. The van der Waals surface area contributed by atoms with Crippen LogP contribution < -0.4 is 10.6 Å². The Morgan fingerprint density at radius 3 is 2.53 bits per heavy atom. The van der Waals surface area contributed by atoms with Gasteiger partial charge in [-0.25, -0.2) is 4.98 Å². The average Bonchev–Trinajstić information content (AvgIpc) is 3.13. The van der Waals surface area contributed by atoms with Crippen molar-refractivity contribution >= 4 is 11.7 Å². The molecule has 3 N–H and O–H groups in total. The largest absolute Gasteiger partial charge is 0.433 e. The van der Waals surface area contributed by atoms with Crippen molar-refractivity contribution in [2.75, 3.05) is 11.4 Å². The zero-order chi connectivity index (χ0) is 14.2. The SMILES string of the molecule is CCN(c1nc(C(F)(F)F)ccc1C(=N)N)C1CC1. The van der Waals surface area contributed by atoms with E-state index in [-0.39, 0.29) is 23.3 Å². The molecule has 0 bridgehead atoms. The lowest BCUT2D eigenvalue weighted by atomic mass is 10.2. The zero-order valence-electron chi connectivity index (χ0n) is 10.5. The van der Waals surface area contributed by atoms with Gasteiger partial charge in [-0.2, -0.15) is 13.2 Å². The van der Waals surface area contributed by atoms with Gasteiger partial charge in [-0.05, 0) is 31.9 Å². The number of hydrogen-bond donors (Lipinski definition) is 2. The van der Waals surface area contributed by atoms with Gasteiger partial charge in [0.25, 0.3) is 0 Å². The summed E-state index contributed by atoms with van der Waals surface area (Å²) in [5.74, 6) is -0.109. The number of rotatable bonds is 4. The summed E-state index contributed by atoms with van der Waals surface area (Å²) in [4.78, 5) is 5.46. The van der Waals surface area contributed by atoms with Gasteiger partial charge in [0.05, 0.1) is 5.56 Å². The van der Waals surface area contributed by atoms with E-state index in [1.165, 1.54) is 6.07 Å². The van der Waals surface area contributed by atoms with Crippen molar-refractivity contribution in [3.8, 4) is 0 Å². The summed E-state index contributed by atoms with van der Waals surface area (Å²) >= 11 is 0. The Labute approximate surface area is 108 Å². The Morgan fingerprint density at radius 1 is 1.47 bits per heavy atom. The lowest BCUT2D eigenvalue weighted by molar-refractivity contribution is -0.141. The Morgan fingerprint density at radius 2 is 2.11 bits per heavy atom. The minimum absolute atomic E-state index is 0.160.